The van der Waals surface area contributed by atoms with Crippen molar-refractivity contribution in [1.29, 1.82) is 0 Å². The molecule has 1 amide bonds. The van der Waals surface area contributed by atoms with E-state index in [9.17, 15) is 14.7 Å². The van der Waals surface area contributed by atoms with E-state index < -0.39 is 24.0 Å². The zero-order valence-electron chi connectivity index (χ0n) is 8.24. The number of likely N-dealkylation sites (tertiary alicyclic amines) is 1. The zero-order valence-corrected chi connectivity index (χ0v) is 9.05. The molecule has 6 nitrogen and oxygen atoms in total. The fourth-order valence-corrected chi connectivity index (χ4v) is 2.26. The Morgan fingerprint density at radius 3 is 2.88 bits per heavy atom. The summed E-state index contributed by atoms with van der Waals surface area (Å²) in [5.74, 6) is -1.54. The number of β-amino-alcohol motifs (C(OH)–C–C–N with tert-alkyl or cyclic N) is 1. The molecular weight excluding hydrogens is 232 g/mol. The normalized spacial score (nSPS) is 24.7. The number of carbonyl (C=O) groups excluding carboxylic acids is 1. The number of hydrogen-bond acceptors (Lipinski definition) is 5. The molecule has 0 aliphatic carbocycles. The van der Waals surface area contributed by atoms with Crippen molar-refractivity contribution in [2.75, 3.05) is 6.54 Å². The maximum Gasteiger partial charge on any atom is 0.326 e. The van der Waals surface area contributed by atoms with Crippen LogP contribution in [0.15, 0.2) is 10.9 Å². The van der Waals surface area contributed by atoms with Crippen LogP contribution in [0.5, 0.6) is 0 Å². The Kier molecular flexibility index (Phi) is 2.88. The summed E-state index contributed by atoms with van der Waals surface area (Å²) in [7, 11) is 0. The summed E-state index contributed by atoms with van der Waals surface area (Å²) in [5, 5.41) is 19.9. The molecule has 1 saturated heterocycles. The topological polar surface area (TPSA) is 90.7 Å². The van der Waals surface area contributed by atoms with E-state index in [2.05, 4.69) is 4.98 Å². The summed E-state index contributed by atoms with van der Waals surface area (Å²) in [6, 6.07) is -0.954. The highest BCUT2D eigenvalue weighted by Gasteiger charge is 2.39. The van der Waals surface area contributed by atoms with Gasteiger partial charge in [-0.25, -0.2) is 9.78 Å². The summed E-state index contributed by atoms with van der Waals surface area (Å²) in [6.45, 7) is 0.0489. The Balaban J connectivity index is 2.20. The van der Waals surface area contributed by atoms with Crippen LogP contribution in [0.3, 0.4) is 0 Å². The van der Waals surface area contributed by atoms with Gasteiger partial charge in [-0.15, -0.1) is 11.3 Å². The van der Waals surface area contributed by atoms with Gasteiger partial charge in [0.1, 0.15) is 11.7 Å². The lowest BCUT2D eigenvalue weighted by molar-refractivity contribution is -0.141. The molecule has 0 saturated carbocycles. The van der Waals surface area contributed by atoms with E-state index in [0.29, 0.717) is 0 Å². The molecule has 2 heterocycles. The molecule has 1 aromatic rings. The monoisotopic (exact) mass is 242 g/mol. The van der Waals surface area contributed by atoms with Crippen LogP contribution < -0.4 is 0 Å². The molecule has 1 aromatic heterocycles. The summed E-state index contributed by atoms with van der Waals surface area (Å²) in [5.41, 5.74) is 1.74. The van der Waals surface area contributed by atoms with E-state index in [1.165, 1.54) is 16.8 Å². The minimum atomic E-state index is -1.10. The van der Waals surface area contributed by atoms with Crippen molar-refractivity contribution in [3.63, 3.8) is 0 Å². The number of hydrogen-bond donors (Lipinski definition) is 2. The molecule has 0 unspecified atom stereocenters. The van der Waals surface area contributed by atoms with E-state index in [1.54, 1.807) is 5.38 Å². The first-order valence-electron chi connectivity index (χ1n) is 4.69. The quantitative estimate of drug-likeness (QED) is 0.749. The molecule has 2 atom stereocenters. The van der Waals surface area contributed by atoms with Gasteiger partial charge >= 0.3 is 5.97 Å². The summed E-state index contributed by atoms with van der Waals surface area (Å²) in [4.78, 5) is 27.8. The Morgan fingerprint density at radius 1 is 1.56 bits per heavy atom. The lowest BCUT2D eigenvalue weighted by Gasteiger charge is -2.19. The van der Waals surface area contributed by atoms with Crippen LogP contribution in [-0.4, -0.2) is 50.7 Å². The van der Waals surface area contributed by atoms with E-state index in [4.69, 9.17) is 5.11 Å². The number of thiazole rings is 1. The molecule has 7 heteroatoms. The van der Waals surface area contributed by atoms with E-state index in [0.717, 1.165) is 4.90 Å². The number of aliphatic hydroxyl groups is 1. The number of aromatic nitrogens is 1. The maximum atomic E-state index is 11.9. The van der Waals surface area contributed by atoms with E-state index in [-0.39, 0.29) is 18.7 Å². The fourth-order valence-electron chi connectivity index (χ4n) is 1.74. The fraction of sp³-hybridized carbons (Fsp3) is 0.444. The van der Waals surface area contributed by atoms with Crippen molar-refractivity contribution in [3.8, 4) is 0 Å². The van der Waals surface area contributed by atoms with Gasteiger partial charge in [-0.2, -0.15) is 0 Å². The molecule has 1 aliphatic rings. The van der Waals surface area contributed by atoms with Crippen molar-refractivity contribution < 1.29 is 19.8 Å². The third-order valence-electron chi connectivity index (χ3n) is 2.48. The van der Waals surface area contributed by atoms with Crippen molar-refractivity contribution in [3.05, 3.63) is 16.6 Å². The molecular formula is C9H10N2O4S. The van der Waals surface area contributed by atoms with Crippen molar-refractivity contribution >= 4 is 23.2 Å². The number of aliphatic carboxylic acids is 1. The minimum absolute atomic E-state index is 0.0489. The van der Waals surface area contributed by atoms with Crippen LogP contribution in [0.1, 0.15) is 16.9 Å². The maximum absolute atomic E-state index is 11.9. The first-order chi connectivity index (χ1) is 7.59. The van der Waals surface area contributed by atoms with E-state index in [1.807, 2.05) is 0 Å². The van der Waals surface area contributed by atoms with Gasteiger partial charge in [-0.05, 0) is 0 Å². The number of carboxylic acids is 1. The van der Waals surface area contributed by atoms with Gasteiger partial charge in [-0.3, -0.25) is 4.79 Å². The standard InChI is InChI=1S/C9H10N2O4S/c12-5-1-7(9(14)15)11(2-5)8(13)6-3-16-4-10-6/h3-5,7,12H,1-2H2,(H,14,15)/t5-,7-/m0/s1. The Bertz CT molecular complexity index is 406. The third kappa shape index (κ3) is 1.91. The number of rotatable bonds is 2. The van der Waals surface area contributed by atoms with Crippen LogP contribution in [-0.2, 0) is 4.79 Å². The average molecular weight is 242 g/mol. The summed E-state index contributed by atoms with van der Waals surface area (Å²) >= 11 is 1.27. The lowest BCUT2D eigenvalue weighted by atomic mass is 10.2. The zero-order chi connectivity index (χ0) is 11.7. The van der Waals surface area contributed by atoms with Crippen molar-refractivity contribution in [2.45, 2.75) is 18.6 Å². The van der Waals surface area contributed by atoms with Crippen molar-refractivity contribution in [1.82, 2.24) is 9.88 Å². The van der Waals surface area contributed by atoms with Gasteiger partial charge < -0.3 is 15.1 Å². The van der Waals surface area contributed by atoms with Crippen molar-refractivity contribution in [2.24, 2.45) is 0 Å². The van der Waals surface area contributed by atoms with Crippen LogP contribution in [0.25, 0.3) is 0 Å². The number of nitrogens with zero attached hydrogens (tertiary/aromatic N) is 2. The summed E-state index contributed by atoms with van der Waals surface area (Å²) < 4.78 is 0. The second kappa shape index (κ2) is 4.18. The van der Waals surface area contributed by atoms with Crippen LogP contribution in [0.2, 0.25) is 0 Å². The molecule has 1 fully saturated rings. The van der Waals surface area contributed by atoms with Gasteiger partial charge in [0.05, 0.1) is 11.6 Å². The number of carboxylic acid groups (broad SMARTS) is 1. The molecule has 0 aromatic carbocycles. The Labute approximate surface area is 95.1 Å². The Hall–Kier alpha value is -1.47. The second-order valence-corrected chi connectivity index (χ2v) is 4.29. The van der Waals surface area contributed by atoms with Crippen LogP contribution in [0, 0.1) is 0 Å². The molecule has 1 aliphatic heterocycles. The van der Waals surface area contributed by atoms with Crippen LogP contribution in [0.4, 0.5) is 0 Å². The molecule has 0 bridgehead atoms. The third-order valence-corrected chi connectivity index (χ3v) is 3.06. The molecule has 86 valence electrons. The average Bonchev–Trinajstić information content (AvgIpc) is 2.84. The first kappa shape index (κ1) is 11.0. The van der Waals surface area contributed by atoms with Gasteiger partial charge in [0.2, 0.25) is 0 Å². The number of amides is 1. The smallest absolute Gasteiger partial charge is 0.326 e. The minimum Gasteiger partial charge on any atom is -0.480 e. The molecule has 2 N–H and O–H groups in total. The van der Waals surface area contributed by atoms with Gasteiger partial charge in [-0.1, -0.05) is 0 Å². The predicted octanol–water partition coefficient (Wildman–Crippen LogP) is -0.197. The van der Waals surface area contributed by atoms with Gasteiger partial charge in [0.15, 0.2) is 0 Å². The van der Waals surface area contributed by atoms with E-state index >= 15 is 0 Å². The molecule has 0 spiro atoms. The van der Waals surface area contributed by atoms with Gasteiger partial charge in [0.25, 0.3) is 5.91 Å². The summed E-state index contributed by atoms with van der Waals surface area (Å²) in [6.07, 6.45) is -0.700. The highest BCUT2D eigenvalue weighted by molar-refractivity contribution is 7.07. The Morgan fingerprint density at radius 2 is 2.31 bits per heavy atom. The molecule has 16 heavy (non-hydrogen) atoms. The number of carbonyl (C=O) groups is 2. The molecule has 2 rings (SSSR count). The highest BCUT2D eigenvalue weighted by Crippen LogP contribution is 2.20. The number of aliphatic hydroxyl groups excluding tert-OH is 1. The molecule has 0 radical (unpaired) electrons. The first-order valence-corrected chi connectivity index (χ1v) is 5.64. The largest absolute Gasteiger partial charge is 0.480 e. The van der Waals surface area contributed by atoms with Gasteiger partial charge in [0, 0.05) is 18.3 Å². The SMILES string of the molecule is O=C(O)[C@@H]1C[C@H](O)CN1C(=O)c1cscn1. The lowest BCUT2D eigenvalue weighted by Crippen LogP contribution is -2.40. The predicted molar refractivity (Wildman–Crippen MR) is 55.2 cm³/mol. The highest BCUT2D eigenvalue weighted by atomic mass is 32.1. The second-order valence-electron chi connectivity index (χ2n) is 3.57. The van der Waals surface area contributed by atoms with Crippen LogP contribution >= 0.6 is 11.3 Å².